The van der Waals surface area contributed by atoms with Gasteiger partial charge in [0, 0.05) is 38.1 Å². The zero-order chi connectivity index (χ0) is 29.5. The Morgan fingerprint density at radius 2 is 1.07 bits per heavy atom. The van der Waals surface area contributed by atoms with E-state index in [-0.39, 0.29) is 34.1 Å². The van der Waals surface area contributed by atoms with Crippen LogP contribution in [0.2, 0.25) is 0 Å². The molecule has 0 N–H and O–H groups in total. The number of hydrogen-bond acceptors (Lipinski definition) is 14. The van der Waals surface area contributed by atoms with E-state index in [0.29, 0.717) is 0 Å². The van der Waals surface area contributed by atoms with Crippen molar-refractivity contribution in [1.82, 2.24) is 30.4 Å². The quantitative estimate of drug-likeness (QED) is 0.176. The molecule has 4 heterocycles. The molecule has 0 saturated heterocycles. The van der Waals surface area contributed by atoms with Gasteiger partial charge in [-0.2, -0.15) is 16.7 Å². The Labute approximate surface area is 254 Å². The van der Waals surface area contributed by atoms with Gasteiger partial charge in [0.2, 0.25) is 0 Å². The number of pyridine rings is 2. The standard InChI is InChI=1S/2C8H6N3.2C2H3N.2ClHO4.2Cu/c2*1-2-5-9-7(3-1)8-4-6-10-11-8;2*1-2-3;2*2-1(3,4)5;;/h2*1-6H;2*1H3;2*(H,2,3,4,5);;/q2*-1;;;;;2*+2/p-2. The number of nitrogens with zero attached hydrogens (tertiary/aromatic N) is 8. The zero-order valence-corrected chi connectivity index (χ0v) is 23.5. The number of rotatable bonds is 2. The minimum Gasteiger partial charge on any atom is -0.581 e. The fourth-order valence-corrected chi connectivity index (χ4v) is 1.77. The third-order valence-corrected chi connectivity index (χ3v) is 2.78. The van der Waals surface area contributed by atoms with Crippen molar-refractivity contribution < 1.29 is 91.9 Å². The van der Waals surface area contributed by atoms with Crippen molar-refractivity contribution in [3.8, 4) is 34.9 Å². The summed E-state index contributed by atoms with van der Waals surface area (Å²) in [4.78, 5) is 8.24. The molecule has 20 heteroatoms. The summed E-state index contributed by atoms with van der Waals surface area (Å²) in [6.07, 6.45) is 6.79. The second-order valence-corrected chi connectivity index (χ2v) is 6.98. The van der Waals surface area contributed by atoms with E-state index in [9.17, 15) is 0 Å². The van der Waals surface area contributed by atoms with E-state index in [1.54, 1.807) is 36.9 Å². The van der Waals surface area contributed by atoms with Crippen LogP contribution in [0.25, 0.3) is 22.8 Å². The minimum atomic E-state index is -4.94. The first-order valence-electron chi connectivity index (χ1n) is 9.33. The molecule has 222 valence electrons. The summed E-state index contributed by atoms with van der Waals surface area (Å²) in [7, 11) is -9.89. The van der Waals surface area contributed by atoms with Crippen molar-refractivity contribution in [3.63, 3.8) is 0 Å². The van der Waals surface area contributed by atoms with E-state index in [2.05, 4.69) is 30.4 Å². The average Bonchev–Trinajstić information content (AvgIpc) is 3.55. The molecule has 0 bridgehead atoms. The monoisotopic (exact) mass is 694 g/mol. The summed E-state index contributed by atoms with van der Waals surface area (Å²) in [6.45, 7) is 2.86. The van der Waals surface area contributed by atoms with Crippen molar-refractivity contribution in [2.45, 2.75) is 13.8 Å². The van der Waals surface area contributed by atoms with Crippen molar-refractivity contribution >= 4 is 0 Å². The smallest absolute Gasteiger partial charge is 0.581 e. The van der Waals surface area contributed by atoms with Crippen molar-refractivity contribution in [1.29, 1.82) is 10.5 Å². The maximum Gasteiger partial charge on any atom is 2.00 e. The van der Waals surface area contributed by atoms with E-state index in [4.69, 9.17) is 47.8 Å². The Morgan fingerprint density at radius 1 is 0.650 bits per heavy atom. The third kappa shape index (κ3) is 33.0. The van der Waals surface area contributed by atoms with Gasteiger partial charge in [-0.05, 0) is 24.3 Å². The van der Waals surface area contributed by atoms with Crippen molar-refractivity contribution in [2.75, 3.05) is 0 Å². The van der Waals surface area contributed by atoms with Gasteiger partial charge in [-0.15, -0.1) is 20.5 Å². The molecule has 0 aliphatic carbocycles. The first-order chi connectivity index (χ1) is 17.8. The van der Waals surface area contributed by atoms with E-state index < -0.39 is 20.5 Å². The van der Waals surface area contributed by atoms with Gasteiger partial charge in [0.15, 0.2) is 0 Å². The van der Waals surface area contributed by atoms with Gasteiger partial charge in [0.1, 0.15) is 0 Å². The SMILES string of the molecule is CC#N.CC#N.[Cu+2].[Cu+2].[O-][Cl+3]([O-])([O-])[O-].[O-][Cl+3]([O-])([O-])[O-].c1ccc(-c2cc[n-]n2)nc1.c1ccc(-c2ccn[n-]2)nc1. The molecule has 0 fully saturated rings. The molecule has 2 radical (unpaired) electrons. The Hall–Kier alpha value is -3.00. The fraction of sp³-hybridized carbons (Fsp3) is 0.100. The first kappa shape index (κ1) is 44.0. The van der Waals surface area contributed by atoms with Crippen LogP contribution in [-0.2, 0) is 34.1 Å². The van der Waals surface area contributed by atoms with Crippen LogP contribution < -0.4 is 47.5 Å². The van der Waals surface area contributed by atoms with Crippen LogP contribution in [0.1, 0.15) is 13.8 Å². The maximum absolute atomic E-state index is 8.49. The van der Waals surface area contributed by atoms with Crippen LogP contribution in [0.15, 0.2) is 73.3 Å². The Bertz CT molecular complexity index is 1050. The third-order valence-electron chi connectivity index (χ3n) is 2.78. The largest absolute Gasteiger partial charge is 2.00 e. The topological polar surface area (TPSA) is 312 Å². The van der Waals surface area contributed by atoms with Gasteiger partial charge in [0.25, 0.3) is 0 Å². The number of nitriles is 2. The predicted molar refractivity (Wildman–Crippen MR) is 104 cm³/mol. The van der Waals surface area contributed by atoms with Crippen LogP contribution in [0.3, 0.4) is 0 Å². The number of aromatic nitrogens is 6. The molecule has 0 aliphatic heterocycles. The van der Waals surface area contributed by atoms with Gasteiger partial charge in [-0.1, -0.05) is 30.0 Å². The molecule has 0 amide bonds. The van der Waals surface area contributed by atoms with Crippen LogP contribution >= 0.6 is 0 Å². The molecule has 0 unspecified atom stereocenters. The van der Waals surface area contributed by atoms with Gasteiger partial charge in [-0.3, -0.25) is 9.97 Å². The minimum absolute atomic E-state index is 0. The Morgan fingerprint density at radius 3 is 1.38 bits per heavy atom. The van der Waals surface area contributed by atoms with Crippen molar-refractivity contribution in [2.24, 2.45) is 0 Å². The van der Waals surface area contributed by atoms with E-state index in [1.807, 2.05) is 48.5 Å². The summed E-state index contributed by atoms with van der Waals surface area (Å²) in [5, 5.41) is 29.8. The number of halogens is 2. The van der Waals surface area contributed by atoms with E-state index in [0.717, 1.165) is 22.8 Å². The molecule has 16 nitrogen and oxygen atoms in total. The summed E-state index contributed by atoms with van der Waals surface area (Å²) in [6, 6.07) is 18.6. The van der Waals surface area contributed by atoms with E-state index >= 15 is 0 Å². The summed E-state index contributed by atoms with van der Waals surface area (Å²) in [5.74, 6) is 0. The molecule has 0 spiro atoms. The second-order valence-electron chi connectivity index (χ2n) is 5.47. The van der Waals surface area contributed by atoms with Crippen LogP contribution in [0.5, 0.6) is 0 Å². The summed E-state index contributed by atoms with van der Waals surface area (Å²) >= 11 is 0. The molecule has 0 atom stereocenters. The molecular formula is C20H18Cl2Cu2N8O8. The molecule has 40 heavy (non-hydrogen) atoms. The molecule has 4 rings (SSSR count). The first-order valence-corrected chi connectivity index (χ1v) is 11.8. The van der Waals surface area contributed by atoms with Crippen LogP contribution in [0.4, 0.5) is 0 Å². The van der Waals surface area contributed by atoms with E-state index in [1.165, 1.54) is 13.8 Å². The van der Waals surface area contributed by atoms with Crippen molar-refractivity contribution in [3.05, 3.63) is 73.3 Å². The number of hydrogen-bond donors (Lipinski definition) is 0. The molecule has 0 aliphatic rings. The predicted octanol–water partition coefficient (Wildman–Crippen LogP) is -6.26. The molecular weight excluding hydrogens is 678 g/mol. The zero-order valence-electron chi connectivity index (χ0n) is 20.1. The second kappa shape index (κ2) is 26.2. The molecule has 4 aromatic rings. The van der Waals surface area contributed by atoms with Gasteiger partial charge in [0.05, 0.1) is 23.5 Å². The average molecular weight is 696 g/mol. The Kier molecular flexibility index (Phi) is 28.9. The van der Waals surface area contributed by atoms with Crippen LogP contribution in [0, 0.1) is 43.1 Å². The molecule has 0 aromatic carbocycles. The fourth-order valence-electron chi connectivity index (χ4n) is 1.77. The van der Waals surface area contributed by atoms with Crippen LogP contribution in [-0.4, -0.2) is 20.2 Å². The molecule has 0 saturated carbocycles. The molecule has 4 aromatic heterocycles. The van der Waals surface area contributed by atoms with Gasteiger partial charge < -0.3 is 20.4 Å². The summed E-state index contributed by atoms with van der Waals surface area (Å²) in [5.41, 5.74) is 3.38. The Balaban J connectivity index is -0.000000210. The maximum atomic E-state index is 8.49. The van der Waals surface area contributed by atoms with Gasteiger partial charge in [-0.25, -0.2) is 37.3 Å². The normalized spacial score (nSPS) is 8.80. The summed E-state index contributed by atoms with van der Waals surface area (Å²) < 4.78 is 67.9. The van der Waals surface area contributed by atoms with Gasteiger partial charge >= 0.3 is 34.1 Å².